The second kappa shape index (κ2) is 7.67. The van der Waals surface area contributed by atoms with Gasteiger partial charge in [-0.3, -0.25) is 4.79 Å². The van der Waals surface area contributed by atoms with Crippen molar-refractivity contribution < 1.29 is 4.79 Å². The highest BCUT2D eigenvalue weighted by Crippen LogP contribution is 2.30. The fraction of sp³-hybridized carbons (Fsp3) is 0.320. The Morgan fingerprint density at radius 2 is 1.89 bits per heavy atom. The lowest BCUT2D eigenvalue weighted by Gasteiger charge is -2.21. The molecule has 1 atom stereocenters. The number of rotatable bonds is 4. The Balaban J connectivity index is 1.49. The van der Waals surface area contributed by atoms with Gasteiger partial charge >= 0.3 is 0 Å². The molecule has 1 N–H and O–H groups in total. The minimum Gasteiger partial charge on any atom is -0.348 e. The number of nitrogens with zero attached hydrogens (tertiary/aromatic N) is 1. The maximum absolute atomic E-state index is 12.5. The number of benzene rings is 2. The van der Waals surface area contributed by atoms with Crippen LogP contribution < -0.4 is 5.32 Å². The Kier molecular flexibility index (Phi) is 5.08. The number of amides is 1. The number of hydrogen-bond donors (Lipinski definition) is 1. The van der Waals surface area contributed by atoms with Crippen molar-refractivity contribution in [2.24, 2.45) is 5.92 Å². The maximum Gasteiger partial charge on any atom is 0.251 e. The largest absolute Gasteiger partial charge is 0.348 e. The summed E-state index contributed by atoms with van der Waals surface area (Å²) in [5, 5.41) is 3.02. The molecule has 3 heteroatoms. The highest BCUT2D eigenvalue weighted by molar-refractivity contribution is 5.94. The standard InChI is InChI=1S/C25H28N2O/c1-17-5-4-6-20(13-17)16-26-25(28)21-8-10-23(11-9-21)27-19(3)15-22-14-18(2)7-12-24(22)27/h4-6,8-11,13,15,18H,7,12,14,16H2,1-3H3,(H,26,28)/t18-/m1/s1. The van der Waals surface area contributed by atoms with Crippen molar-refractivity contribution in [3.05, 3.63) is 88.2 Å². The molecule has 0 spiro atoms. The number of fused-ring (bicyclic) bond motifs is 1. The van der Waals surface area contributed by atoms with Gasteiger partial charge in [0.15, 0.2) is 0 Å². The molecule has 0 fully saturated rings. The number of hydrogen-bond acceptors (Lipinski definition) is 1. The Morgan fingerprint density at radius 3 is 2.64 bits per heavy atom. The van der Waals surface area contributed by atoms with Gasteiger partial charge in [-0.1, -0.05) is 36.8 Å². The highest BCUT2D eigenvalue weighted by Gasteiger charge is 2.21. The molecule has 0 bridgehead atoms. The summed E-state index contributed by atoms with van der Waals surface area (Å²) in [6, 6.07) is 18.5. The zero-order valence-electron chi connectivity index (χ0n) is 17.0. The monoisotopic (exact) mass is 372 g/mol. The lowest BCUT2D eigenvalue weighted by molar-refractivity contribution is 0.0951. The van der Waals surface area contributed by atoms with E-state index in [0.29, 0.717) is 12.1 Å². The van der Waals surface area contributed by atoms with E-state index in [2.05, 4.69) is 61.0 Å². The summed E-state index contributed by atoms with van der Waals surface area (Å²) in [6.45, 7) is 7.11. The van der Waals surface area contributed by atoms with Crippen LogP contribution in [0.5, 0.6) is 0 Å². The second-order valence-corrected chi connectivity index (χ2v) is 8.16. The van der Waals surface area contributed by atoms with Crippen LogP contribution in [0.15, 0.2) is 54.6 Å². The van der Waals surface area contributed by atoms with Crippen LogP contribution in [-0.2, 0) is 19.4 Å². The average molecular weight is 373 g/mol. The first-order valence-corrected chi connectivity index (χ1v) is 10.2. The van der Waals surface area contributed by atoms with Crippen molar-refractivity contribution in [3.8, 4) is 5.69 Å². The molecule has 0 saturated carbocycles. The first-order chi connectivity index (χ1) is 13.5. The summed E-state index contributed by atoms with van der Waals surface area (Å²) in [6.07, 6.45) is 3.54. The van der Waals surface area contributed by atoms with Gasteiger partial charge in [0.05, 0.1) is 0 Å². The molecular weight excluding hydrogens is 344 g/mol. The maximum atomic E-state index is 12.5. The molecule has 0 saturated heterocycles. The molecule has 4 rings (SSSR count). The molecule has 1 heterocycles. The Bertz CT molecular complexity index is 998. The summed E-state index contributed by atoms with van der Waals surface area (Å²) in [5.41, 5.74) is 8.36. The third-order valence-electron chi connectivity index (χ3n) is 5.74. The number of aryl methyl sites for hydroxylation is 2. The first-order valence-electron chi connectivity index (χ1n) is 10.2. The third kappa shape index (κ3) is 3.75. The minimum atomic E-state index is -0.0341. The van der Waals surface area contributed by atoms with Crippen LogP contribution in [-0.4, -0.2) is 10.5 Å². The molecule has 0 radical (unpaired) electrons. The van der Waals surface area contributed by atoms with Gasteiger partial charge in [-0.05, 0) is 80.5 Å². The van der Waals surface area contributed by atoms with E-state index in [4.69, 9.17) is 0 Å². The van der Waals surface area contributed by atoms with Crippen LogP contribution in [0.2, 0.25) is 0 Å². The topological polar surface area (TPSA) is 34.0 Å². The van der Waals surface area contributed by atoms with Crippen molar-refractivity contribution in [2.75, 3.05) is 0 Å². The van der Waals surface area contributed by atoms with Crippen molar-refractivity contribution in [1.82, 2.24) is 9.88 Å². The molecule has 3 aromatic rings. The Morgan fingerprint density at radius 1 is 1.11 bits per heavy atom. The predicted octanol–water partition coefficient (Wildman–Crippen LogP) is 5.15. The zero-order valence-corrected chi connectivity index (χ0v) is 17.0. The van der Waals surface area contributed by atoms with Crippen LogP contribution in [0.1, 0.15) is 51.8 Å². The summed E-state index contributed by atoms with van der Waals surface area (Å²) >= 11 is 0. The van der Waals surface area contributed by atoms with Crippen LogP contribution in [0.4, 0.5) is 0 Å². The molecule has 2 aromatic carbocycles. The molecule has 1 amide bonds. The number of carbonyl (C=O) groups excluding carboxylic acids is 1. The van der Waals surface area contributed by atoms with E-state index in [1.807, 2.05) is 24.3 Å². The quantitative estimate of drug-likeness (QED) is 0.675. The molecular formula is C25H28N2O. The van der Waals surface area contributed by atoms with Crippen molar-refractivity contribution >= 4 is 5.91 Å². The van der Waals surface area contributed by atoms with Crippen molar-refractivity contribution in [3.63, 3.8) is 0 Å². The number of aromatic nitrogens is 1. The third-order valence-corrected chi connectivity index (χ3v) is 5.74. The fourth-order valence-electron chi connectivity index (χ4n) is 4.29. The first kappa shape index (κ1) is 18.5. The lowest BCUT2D eigenvalue weighted by atomic mass is 9.89. The van der Waals surface area contributed by atoms with Crippen LogP contribution >= 0.6 is 0 Å². The normalized spacial score (nSPS) is 15.9. The minimum absolute atomic E-state index is 0.0341. The smallest absolute Gasteiger partial charge is 0.251 e. The van der Waals surface area contributed by atoms with Gasteiger partial charge in [-0.2, -0.15) is 0 Å². The van der Waals surface area contributed by atoms with Gasteiger partial charge in [0.1, 0.15) is 0 Å². The van der Waals surface area contributed by atoms with E-state index in [1.165, 1.54) is 35.4 Å². The van der Waals surface area contributed by atoms with E-state index >= 15 is 0 Å². The number of nitrogens with one attached hydrogen (secondary N) is 1. The molecule has 1 aromatic heterocycles. The molecule has 144 valence electrons. The summed E-state index contributed by atoms with van der Waals surface area (Å²) in [7, 11) is 0. The van der Waals surface area contributed by atoms with E-state index in [1.54, 1.807) is 0 Å². The SMILES string of the molecule is Cc1cccc(CNC(=O)c2ccc(-n3c(C)cc4c3CC[C@@H](C)C4)cc2)c1. The van der Waals surface area contributed by atoms with Crippen LogP contribution in [0, 0.1) is 19.8 Å². The number of carbonyl (C=O) groups is 1. The predicted molar refractivity (Wildman–Crippen MR) is 114 cm³/mol. The average Bonchev–Trinajstić information content (AvgIpc) is 3.01. The summed E-state index contributed by atoms with van der Waals surface area (Å²) in [4.78, 5) is 12.5. The van der Waals surface area contributed by atoms with Crippen LogP contribution in [0.25, 0.3) is 5.69 Å². The fourth-order valence-corrected chi connectivity index (χ4v) is 4.29. The zero-order chi connectivity index (χ0) is 19.7. The molecule has 0 aliphatic heterocycles. The van der Waals surface area contributed by atoms with E-state index in [-0.39, 0.29) is 5.91 Å². The summed E-state index contributed by atoms with van der Waals surface area (Å²) < 4.78 is 2.36. The molecule has 0 unspecified atom stereocenters. The van der Waals surface area contributed by atoms with Gasteiger partial charge in [-0.15, -0.1) is 0 Å². The molecule has 1 aliphatic rings. The second-order valence-electron chi connectivity index (χ2n) is 8.16. The van der Waals surface area contributed by atoms with Crippen molar-refractivity contribution in [2.45, 2.75) is 46.6 Å². The van der Waals surface area contributed by atoms with Crippen LogP contribution in [0.3, 0.4) is 0 Å². The van der Waals surface area contributed by atoms with Gasteiger partial charge in [0.25, 0.3) is 5.91 Å². The Labute approximate surface area is 167 Å². The van der Waals surface area contributed by atoms with E-state index in [9.17, 15) is 4.79 Å². The van der Waals surface area contributed by atoms with Crippen molar-refractivity contribution in [1.29, 1.82) is 0 Å². The van der Waals surface area contributed by atoms with Gasteiger partial charge < -0.3 is 9.88 Å². The van der Waals surface area contributed by atoms with E-state index in [0.717, 1.165) is 23.6 Å². The molecule has 3 nitrogen and oxygen atoms in total. The van der Waals surface area contributed by atoms with Gasteiger partial charge in [0, 0.05) is 29.2 Å². The highest BCUT2D eigenvalue weighted by atomic mass is 16.1. The van der Waals surface area contributed by atoms with Gasteiger partial charge in [0.2, 0.25) is 0 Å². The van der Waals surface area contributed by atoms with E-state index < -0.39 is 0 Å². The Hall–Kier alpha value is -2.81. The lowest BCUT2D eigenvalue weighted by Crippen LogP contribution is -2.22. The summed E-state index contributed by atoms with van der Waals surface area (Å²) in [5.74, 6) is 0.732. The molecule has 1 aliphatic carbocycles. The molecule has 28 heavy (non-hydrogen) atoms. The van der Waals surface area contributed by atoms with Gasteiger partial charge in [-0.25, -0.2) is 0 Å².